The second-order valence-electron chi connectivity index (χ2n) is 20.8. The molecular formula is C66H51NSe. The molecule has 0 aliphatic rings. The molecule has 0 N–H and O–H groups in total. The van der Waals surface area contributed by atoms with E-state index in [0.29, 0.717) is 0 Å². The van der Waals surface area contributed by atoms with Crippen molar-refractivity contribution in [2.75, 3.05) is 0 Å². The van der Waals surface area contributed by atoms with E-state index < -0.39 is 0 Å². The molecule has 0 aliphatic carbocycles. The molecule has 0 bridgehead atoms. The zero-order valence-corrected chi connectivity index (χ0v) is 41.1. The van der Waals surface area contributed by atoms with E-state index in [4.69, 9.17) is 0 Å². The number of nitrogens with zero attached hydrogens (tertiary/aromatic N) is 1. The molecule has 1 nitrogen and oxygen atoms in total. The molecule has 13 aromatic rings. The molecule has 0 spiro atoms. The van der Waals surface area contributed by atoms with Crippen molar-refractivity contribution in [3.05, 3.63) is 211 Å². The van der Waals surface area contributed by atoms with Gasteiger partial charge in [-0.3, -0.25) is 0 Å². The maximum atomic E-state index is 2.57. The van der Waals surface area contributed by atoms with Crippen LogP contribution in [0.3, 0.4) is 0 Å². The quantitative estimate of drug-likeness (QED) is 0.122. The van der Waals surface area contributed by atoms with Gasteiger partial charge >= 0.3 is 354 Å². The van der Waals surface area contributed by atoms with Gasteiger partial charge in [0, 0.05) is 0 Å². The van der Waals surface area contributed by atoms with Crippen molar-refractivity contribution in [2.24, 2.45) is 0 Å². The summed E-state index contributed by atoms with van der Waals surface area (Å²) in [6.07, 6.45) is 0. The standard InChI is InChI=1S/C66H51NSe/c1-65(2,3)42-32-35-56-54(38-42)55-39-43(66(4,5)6)33-36-57(55)67(56)64-50-27-16-14-25-48(50)61(49-26-15-17-28-51(49)64)41-31-34-52-59(37-41)68-58-30-18-29-53(63(52)58)62-46-23-12-10-21-44(46)60(40-19-8-7-9-20-40)45-22-11-13-24-47(45)62/h7-39H,1-6H3. The van der Waals surface area contributed by atoms with Gasteiger partial charge in [0.05, 0.1) is 0 Å². The third-order valence-electron chi connectivity index (χ3n) is 14.7. The summed E-state index contributed by atoms with van der Waals surface area (Å²) in [6, 6.07) is 76.1. The predicted octanol–water partition coefficient (Wildman–Crippen LogP) is 18.4. The van der Waals surface area contributed by atoms with Gasteiger partial charge in [0.25, 0.3) is 0 Å². The summed E-state index contributed by atoms with van der Waals surface area (Å²) < 4.78 is 5.46. The van der Waals surface area contributed by atoms with Crippen LogP contribution in [0.1, 0.15) is 52.7 Å². The second kappa shape index (κ2) is 15.1. The molecule has 68 heavy (non-hydrogen) atoms. The van der Waals surface area contributed by atoms with Crippen molar-refractivity contribution in [1.82, 2.24) is 4.57 Å². The Morgan fingerprint density at radius 1 is 0.324 bits per heavy atom. The van der Waals surface area contributed by atoms with Gasteiger partial charge in [0.2, 0.25) is 0 Å². The van der Waals surface area contributed by atoms with Gasteiger partial charge in [0.1, 0.15) is 0 Å². The van der Waals surface area contributed by atoms with Gasteiger partial charge < -0.3 is 0 Å². The minimum absolute atomic E-state index is 0.0300. The summed E-state index contributed by atoms with van der Waals surface area (Å²) in [6.45, 7) is 13.9. The van der Waals surface area contributed by atoms with E-state index in [9.17, 15) is 0 Å². The SMILES string of the molecule is CC(C)(C)c1ccc2c(c1)c1cc(C(C)(C)C)ccc1n2-c1c2ccccc2c(-c2ccc3c(c2)[se]c2cccc(-c4c5ccccc5c(-c5ccccc5)c5ccccc45)c23)c2ccccc12. The summed E-state index contributed by atoms with van der Waals surface area (Å²) >= 11 is 0.138. The topological polar surface area (TPSA) is 4.93 Å². The molecule has 2 heterocycles. The van der Waals surface area contributed by atoms with Crippen LogP contribution in [0.15, 0.2) is 200 Å². The van der Waals surface area contributed by atoms with Crippen LogP contribution in [0.5, 0.6) is 0 Å². The van der Waals surface area contributed by atoms with Crippen molar-refractivity contribution in [1.29, 1.82) is 0 Å². The van der Waals surface area contributed by atoms with Gasteiger partial charge in [-0.1, -0.05) is 41.5 Å². The monoisotopic (exact) mass is 937 g/mol. The molecule has 13 rings (SSSR count). The molecule has 0 atom stereocenters. The van der Waals surface area contributed by atoms with E-state index in [-0.39, 0.29) is 25.3 Å². The molecule has 0 amide bonds. The Bertz CT molecular complexity index is 4020. The Morgan fingerprint density at radius 2 is 0.779 bits per heavy atom. The first kappa shape index (κ1) is 41.0. The van der Waals surface area contributed by atoms with E-state index >= 15 is 0 Å². The molecule has 0 aliphatic heterocycles. The Balaban J connectivity index is 1.05. The summed E-state index contributed by atoms with van der Waals surface area (Å²) in [4.78, 5) is 0. The fourth-order valence-electron chi connectivity index (χ4n) is 11.4. The number of aromatic nitrogens is 1. The molecule has 0 unspecified atom stereocenters. The minimum atomic E-state index is 0.0300. The molecule has 0 fully saturated rings. The number of hydrogen-bond acceptors (Lipinski definition) is 0. The average Bonchev–Trinajstić information content (AvgIpc) is 3.89. The predicted molar refractivity (Wildman–Crippen MR) is 296 cm³/mol. The van der Waals surface area contributed by atoms with Crippen molar-refractivity contribution >= 4 is 98.7 Å². The van der Waals surface area contributed by atoms with Crippen LogP contribution in [0, 0.1) is 0 Å². The molecule has 2 heteroatoms. The third-order valence-corrected chi connectivity index (χ3v) is 17.0. The fraction of sp³-hybridized carbons (Fsp3) is 0.121. The van der Waals surface area contributed by atoms with E-state index in [1.165, 1.54) is 134 Å². The maximum absolute atomic E-state index is 2.57. The van der Waals surface area contributed by atoms with Gasteiger partial charge in [-0.15, -0.1) is 0 Å². The van der Waals surface area contributed by atoms with Crippen LogP contribution in [0.25, 0.3) is 123 Å². The summed E-state index contributed by atoms with van der Waals surface area (Å²) in [7, 11) is 0. The third kappa shape index (κ3) is 6.21. The van der Waals surface area contributed by atoms with Crippen LogP contribution in [0.4, 0.5) is 0 Å². The van der Waals surface area contributed by atoms with Crippen LogP contribution in [-0.4, -0.2) is 19.1 Å². The van der Waals surface area contributed by atoms with E-state index in [0.717, 1.165) is 0 Å². The van der Waals surface area contributed by atoms with Crippen molar-refractivity contribution in [3.63, 3.8) is 0 Å². The number of benzene rings is 11. The molecule has 2 aromatic heterocycles. The fourth-order valence-corrected chi connectivity index (χ4v) is 13.8. The molecule has 0 saturated carbocycles. The zero-order valence-electron chi connectivity index (χ0n) is 39.4. The molecule has 0 radical (unpaired) electrons. The number of fused-ring (bicyclic) bond motifs is 10. The summed E-state index contributed by atoms with van der Waals surface area (Å²) in [5, 5.41) is 15.6. The van der Waals surface area contributed by atoms with Crippen molar-refractivity contribution in [2.45, 2.75) is 52.4 Å². The zero-order chi connectivity index (χ0) is 46.1. The molecule has 11 aromatic carbocycles. The van der Waals surface area contributed by atoms with Gasteiger partial charge in [-0.05, 0) is 10.8 Å². The Hall–Kier alpha value is -7.22. The first-order valence-corrected chi connectivity index (χ1v) is 25.7. The van der Waals surface area contributed by atoms with E-state index in [2.05, 4.69) is 246 Å². The first-order chi connectivity index (χ1) is 33.0. The van der Waals surface area contributed by atoms with Crippen molar-refractivity contribution < 1.29 is 0 Å². The van der Waals surface area contributed by atoms with Crippen LogP contribution in [-0.2, 0) is 10.8 Å². The van der Waals surface area contributed by atoms with Gasteiger partial charge in [0.15, 0.2) is 0 Å². The number of rotatable bonds is 4. The van der Waals surface area contributed by atoms with E-state index in [1.807, 2.05) is 0 Å². The Labute approximate surface area is 403 Å². The summed E-state index contributed by atoms with van der Waals surface area (Å²) in [5.74, 6) is 0. The first-order valence-electron chi connectivity index (χ1n) is 24.0. The average molecular weight is 937 g/mol. The van der Waals surface area contributed by atoms with Gasteiger partial charge in [-0.2, -0.15) is 0 Å². The normalized spacial score (nSPS) is 12.6. The Morgan fingerprint density at radius 3 is 1.29 bits per heavy atom. The Kier molecular flexibility index (Phi) is 9.13. The van der Waals surface area contributed by atoms with Crippen molar-refractivity contribution in [3.8, 4) is 39.1 Å². The molecule has 326 valence electrons. The van der Waals surface area contributed by atoms with Crippen LogP contribution >= 0.6 is 0 Å². The van der Waals surface area contributed by atoms with Gasteiger partial charge in [-0.25, -0.2) is 0 Å². The van der Waals surface area contributed by atoms with Crippen LogP contribution < -0.4 is 0 Å². The summed E-state index contributed by atoms with van der Waals surface area (Å²) in [5.41, 5.74) is 14.3. The molecule has 0 saturated heterocycles. The molecular weight excluding hydrogens is 886 g/mol. The second-order valence-corrected chi connectivity index (χ2v) is 23.1. The van der Waals surface area contributed by atoms with Crippen LogP contribution in [0.2, 0.25) is 0 Å². The van der Waals surface area contributed by atoms with E-state index in [1.54, 1.807) is 0 Å². The number of hydrogen-bond donors (Lipinski definition) is 0.